The second-order valence-electron chi connectivity index (χ2n) is 5.78. The minimum Gasteiger partial charge on any atom is -0.267 e. The SMILES string of the molecule is Cc1ccccc1-c1csc2c(=O)n(C3=CC=CC=CC=C3)cnc12. The molecule has 0 fully saturated rings. The Morgan fingerprint density at radius 1 is 1.00 bits per heavy atom. The van der Waals surface area contributed by atoms with Crippen molar-refractivity contribution in [2.45, 2.75) is 6.92 Å². The Bertz CT molecular complexity index is 1130. The fourth-order valence-corrected chi connectivity index (χ4v) is 3.82. The van der Waals surface area contributed by atoms with Crippen molar-refractivity contribution >= 4 is 27.3 Å². The van der Waals surface area contributed by atoms with Gasteiger partial charge in [0, 0.05) is 10.9 Å². The summed E-state index contributed by atoms with van der Waals surface area (Å²) in [7, 11) is 0. The molecular formula is C21H16N2OS. The topological polar surface area (TPSA) is 34.9 Å². The van der Waals surface area contributed by atoms with Gasteiger partial charge in [0.2, 0.25) is 0 Å². The lowest BCUT2D eigenvalue weighted by Gasteiger charge is -2.07. The monoisotopic (exact) mass is 344 g/mol. The zero-order valence-corrected chi connectivity index (χ0v) is 14.5. The lowest BCUT2D eigenvalue weighted by Crippen LogP contribution is -2.18. The van der Waals surface area contributed by atoms with E-state index in [-0.39, 0.29) is 5.56 Å². The second-order valence-corrected chi connectivity index (χ2v) is 6.66. The first-order valence-corrected chi connectivity index (χ1v) is 8.90. The number of benzene rings is 1. The van der Waals surface area contributed by atoms with Crippen molar-refractivity contribution in [2.75, 3.05) is 0 Å². The summed E-state index contributed by atoms with van der Waals surface area (Å²) in [6.07, 6.45) is 15.1. The first-order chi connectivity index (χ1) is 12.3. The van der Waals surface area contributed by atoms with Crippen LogP contribution in [0.5, 0.6) is 0 Å². The van der Waals surface area contributed by atoms with E-state index in [1.165, 1.54) is 16.9 Å². The minimum atomic E-state index is -0.0383. The van der Waals surface area contributed by atoms with Gasteiger partial charge in [-0.1, -0.05) is 54.6 Å². The van der Waals surface area contributed by atoms with Crippen LogP contribution in [-0.4, -0.2) is 9.55 Å². The van der Waals surface area contributed by atoms with Gasteiger partial charge >= 0.3 is 0 Å². The maximum atomic E-state index is 13.0. The van der Waals surface area contributed by atoms with Crippen LogP contribution in [0.15, 0.2) is 83.3 Å². The molecule has 0 bridgehead atoms. The molecule has 122 valence electrons. The Morgan fingerprint density at radius 3 is 2.68 bits per heavy atom. The first kappa shape index (κ1) is 15.5. The van der Waals surface area contributed by atoms with Crippen molar-refractivity contribution in [1.82, 2.24) is 9.55 Å². The van der Waals surface area contributed by atoms with Gasteiger partial charge in [0.1, 0.15) is 11.0 Å². The molecule has 2 aromatic heterocycles. The van der Waals surface area contributed by atoms with Gasteiger partial charge in [0.05, 0.1) is 11.2 Å². The van der Waals surface area contributed by atoms with Crippen molar-refractivity contribution in [1.29, 1.82) is 0 Å². The summed E-state index contributed by atoms with van der Waals surface area (Å²) in [5.41, 5.74) is 4.85. The van der Waals surface area contributed by atoms with E-state index in [9.17, 15) is 4.79 Å². The van der Waals surface area contributed by atoms with Crippen molar-refractivity contribution in [3.8, 4) is 11.1 Å². The number of nitrogens with zero attached hydrogens (tertiary/aromatic N) is 2. The van der Waals surface area contributed by atoms with Gasteiger partial charge in [0.15, 0.2) is 0 Å². The van der Waals surface area contributed by atoms with E-state index < -0.39 is 0 Å². The van der Waals surface area contributed by atoms with Crippen LogP contribution in [0.3, 0.4) is 0 Å². The van der Waals surface area contributed by atoms with Crippen molar-refractivity contribution in [2.24, 2.45) is 0 Å². The molecule has 1 aliphatic carbocycles. The minimum absolute atomic E-state index is 0.0383. The number of aromatic nitrogens is 2. The largest absolute Gasteiger partial charge is 0.275 e. The molecular weight excluding hydrogens is 328 g/mol. The fourth-order valence-electron chi connectivity index (χ4n) is 2.88. The van der Waals surface area contributed by atoms with Gasteiger partial charge in [-0.25, -0.2) is 4.98 Å². The van der Waals surface area contributed by atoms with Crippen molar-refractivity contribution < 1.29 is 0 Å². The maximum absolute atomic E-state index is 13.0. The van der Waals surface area contributed by atoms with Gasteiger partial charge < -0.3 is 0 Å². The van der Waals surface area contributed by atoms with Gasteiger partial charge in [-0.2, -0.15) is 0 Å². The van der Waals surface area contributed by atoms with E-state index in [2.05, 4.69) is 24.0 Å². The van der Waals surface area contributed by atoms with Crippen LogP contribution in [0.4, 0.5) is 0 Å². The molecule has 2 heterocycles. The molecule has 3 nitrogen and oxygen atoms in total. The van der Waals surface area contributed by atoms with Crippen LogP contribution in [0.1, 0.15) is 5.56 Å². The predicted molar refractivity (Wildman–Crippen MR) is 106 cm³/mol. The number of allylic oxidation sites excluding steroid dienone is 8. The normalized spacial score (nSPS) is 13.7. The van der Waals surface area contributed by atoms with Gasteiger partial charge in [-0.15, -0.1) is 11.3 Å². The zero-order chi connectivity index (χ0) is 17.2. The number of rotatable bonds is 2. The molecule has 0 saturated heterocycles. The molecule has 1 aliphatic rings. The molecule has 0 unspecified atom stereocenters. The summed E-state index contributed by atoms with van der Waals surface area (Å²) < 4.78 is 2.28. The highest BCUT2D eigenvalue weighted by Gasteiger charge is 2.14. The highest BCUT2D eigenvalue weighted by atomic mass is 32.1. The lowest BCUT2D eigenvalue weighted by molar-refractivity contribution is 1.000. The second kappa shape index (κ2) is 6.49. The zero-order valence-electron chi connectivity index (χ0n) is 13.7. The predicted octanol–water partition coefficient (Wildman–Crippen LogP) is 4.96. The van der Waals surface area contributed by atoms with Crippen LogP contribution in [0.25, 0.3) is 27.0 Å². The summed E-state index contributed by atoms with van der Waals surface area (Å²) in [5.74, 6) is 0. The summed E-state index contributed by atoms with van der Waals surface area (Å²) in [4.78, 5) is 17.6. The molecule has 0 aliphatic heterocycles. The molecule has 0 N–H and O–H groups in total. The Labute approximate surface area is 149 Å². The average Bonchev–Trinajstić information content (AvgIpc) is 3.01. The van der Waals surface area contributed by atoms with Crippen LogP contribution in [0, 0.1) is 6.92 Å². The molecule has 1 aromatic carbocycles. The van der Waals surface area contributed by atoms with Crippen LogP contribution in [0.2, 0.25) is 0 Å². The van der Waals surface area contributed by atoms with Crippen molar-refractivity contribution in [3.05, 3.63) is 94.4 Å². The Hall–Kier alpha value is -2.98. The third-order valence-electron chi connectivity index (χ3n) is 4.17. The number of fused-ring (bicyclic) bond motifs is 1. The molecule has 4 rings (SSSR count). The van der Waals surface area contributed by atoms with E-state index in [0.717, 1.165) is 22.3 Å². The fraction of sp³-hybridized carbons (Fsp3) is 0.0476. The van der Waals surface area contributed by atoms with Gasteiger partial charge in [-0.3, -0.25) is 9.36 Å². The Balaban J connectivity index is 1.89. The standard InChI is InChI=1S/C21H16N2OS/c1-15-9-7-8-12-17(15)18-13-25-20-19(18)22-14-23(21(20)24)16-10-5-3-2-4-6-11-16/h2-14H,1H3. The van der Waals surface area contributed by atoms with Crippen molar-refractivity contribution in [3.63, 3.8) is 0 Å². The average molecular weight is 344 g/mol. The molecule has 4 heteroatoms. The van der Waals surface area contributed by atoms with E-state index >= 15 is 0 Å². The molecule has 25 heavy (non-hydrogen) atoms. The molecule has 3 aromatic rings. The first-order valence-electron chi connectivity index (χ1n) is 8.02. The maximum Gasteiger partial charge on any atom is 0.275 e. The summed E-state index contributed by atoms with van der Waals surface area (Å²) in [6, 6.07) is 8.17. The van der Waals surface area contributed by atoms with E-state index in [1.54, 1.807) is 10.9 Å². The summed E-state index contributed by atoms with van der Waals surface area (Å²) in [5, 5.41) is 2.02. The van der Waals surface area contributed by atoms with Gasteiger partial charge in [0.25, 0.3) is 5.56 Å². The quantitative estimate of drug-likeness (QED) is 0.659. The Morgan fingerprint density at radius 2 is 1.80 bits per heavy atom. The van der Waals surface area contributed by atoms with E-state index in [4.69, 9.17) is 0 Å². The highest BCUT2D eigenvalue weighted by molar-refractivity contribution is 7.17. The lowest BCUT2D eigenvalue weighted by atomic mass is 10.0. The number of aryl methyl sites for hydroxylation is 1. The third-order valence-corrected chi connectivity index (χ3v) is 5.13. The molecule has 0 radical (unpaired) electrons. The van der Waals surface area contributed by atoms with Crippen LogP contribution < -0.4 is 5.56 Å². The number of hydrogen-bond acceptors (Lipinski definition) is 3. The molecule has 0 spiro atoms. The van der Waals surface area contributed by atoms with E-state index in [0.29, 0.717) is 4.70 Å². The Kier molecular flexibility index (Phi) is 4.04. The molecule has 0 amide bonds. The smallest absolute Gasteiger partial charge is 0.267 e. The highest BCUT2D eigenvalue weighted by Crippen LogP contribution is 2.32. The van der Waals surface area contributed by atoms with Gasteiger partial charge in [-0.05, 0) is 30.2 Å². The summed E-state index contributed by atoms with van der Waals surface area (Å²) in [6.45, 7) is 2.07. The summed E-state index contributed by atoms with van der Waals surface area (Å²) >= 11 is 1.45. The van der Waals surface area contributed by atoms with Crippen LogP contribution >= 0.6 is 11.3 Å². The van der Waals surface area contributed by atoms with Crippen LogP contribution in [-0.2, 0) is 0 Å². The van der Waals surface area contributed by atoms with E-state index in [1.807, 2.05) is 60.0 Å². The number of thiophene rings is 1. The third kappa shape index (κ3) is 2.81. The number of hydrogen-bond donors (Lipinski definition) is 0. The molecule has 0 atom stereocenters. The molecule has 0 saturated carbocycles.